The molecule has 0 atom stereocenters. The summed E-state index contributed by atoms with van der Waals surface area (Å²) in [4.78, 5) is 31.9. The number of anilines is 1. The smallest absolute Gasteiger partial charge is 0.255 e. The molecule has 2 amide bonds. The monoisotopic (exact) mass is 421 g/mol. The van der Waals surface area contributed by atoms with Gasteiger partial charge in [0.25, 0.3) is 5.91 Å². The van der Waals surface area contributed by atoms with E-state index in [2.05, 4.69) is 20.0 Å². The number of aryl methyl sites for hydroxylation is 2. The Balaban J connectivity index is 1.38. The van der Waals surface area contributed by atoms with Crippen LogP contribution in [0.2, 0.25) is 0 Å². The van der Waals surface area contributed by atoms with E-state index < -0.39 is 0 Å². The number of aromatic nitrogens is 3. The summed E-state index contributed by atoms with van der Waals surface area (Å²) in [5.74, 6) is 0.885. The van der Waals surface area contributed by atoms with Crippen molar-refractivity contribution < 1.29 is 14.1 Å². The third-order valence-electron chi connectivity index (χ3n) is 5.88. The van der Waals surface area contributed by atoms with Crippen molar-refractivity contribution in [3.05, 3.63) is 64.9 Å². The molecule has 0 aromatic carbocycles. The minimum Gasteiger partial charge on any atom is -0.360 e. The van der Waals surface area contributed by atoms with E-state index in [0.717, 1.165) is 22.6 Å². The molecule has 1 N–H and O–H groups in total. The zero-order chi connectivity index (χ0) is 22.0. The summed E-state index contributed by atoms with van der Waals surface area (Å²) in [6.45, 7) is 7.51. The number of piperidine rings is 1. The van der Waals surface area contributed by atoms with Crippen molar-refractivity contribution in [2.45, 2.75) is 40.2 Å². The Labute approximate surface area is 181 Å². The largest absolute Gasteiger partial charge is 0.360 e. The number of nitrogens with one attached hydrogen (secondary N) is 1. The average Bonchev–Trinajstić information content (AvgIpc) is 3.31. The van der Waals surface area contributed by atoms with Gasteiger partial charge in [0.05, 0.1) is 17.8 Å². The van der Waals surface area contributed by atoms with Crippen LogP contribution in [-0.2, 0) is 11.3 Å². The minimum atomic E-state index is -0.141. The van der Waals surface area contributed by atoms with E-state index in [-0.39, 0.29) is 17.7 Å². The number of nitrogens with zero attached hydrogens (tertiary/aromatic N) is 4. The van der Waals surface area contributed by atoms with E-state index >= 15 is 0 Å². The van der Waals surface area contributed by atoms with Gasteiger partial charge in [-0.1, -0.05) is 11.2 Å². The molecule has 4 heterocycles. The van der Waals surface area contributed by atoms with Crippen molar-refractivity contribution in [2.75, 3.05) is 18.4 Å². The number of rotatable bonds is 5. The third-order valence-corrected chi connectivity index (χ3v) is 5.88. The summed E-state index contributed by atoms with van der Waals surface area (Å²) in [7, 11) is 0. The Morgan fingerprint density at radius 1 is 1.16 bits per heavy atom. The summed E-state index contributed by atoms with van der Waals surface area (Å²) in [5, 5.41) is 6.60. The highest BCUT2D eigenvalue weighted by atomic mass is 16.5. The fraction of sp³-hybridized carbons (Fsp3) is 0.391. The number of amides is 2. The SMILES string of the molecule is Cc1cc(NC(=O)C2CCN(C(=O)c3cc(C)n(Cc4ccccn4)c3C)CC2)no1. The normalized spacial score (nSPS) is 14.6. The highest BCUT2D eigenvalue weighted by Crippen LogP contribution is 2.24. The van der Waals surface area contributed by atoms with E-state index in [4.69, 9.17) is 4.52 Å². The first-order chi connectivity index (χ1) is 14.9. The quantitative estimate of drug-likeness (QED) is 0.682. The molecule has 1 fully saturated rings. The molecule has 8 heteroatoms. The fourth-order valence-corrected chi connectivity index (χ4v) is 4.08. The molecule has 0 spiro atoms. The highest BCUT2D eigenvalue weighted by Gasteiger charge is 2.29. The first kappa shape index (κ1) is 20.8. The molecule has 1 saturated heterocycles. The van der Waals surface area contributed by atoms with Gasteiger partial charge in [-0.05, 0) is 51.8 Å². The molecule has 1 aliphatic rings. The lowest BCUT2D eigenvalue weighted by molar-refractivity contribution is -0.121. The maximum Gasteiger partial charge on any atom is 0.255 e. The van der Waals surface area contributed by atoms with Gasteiger partial charge in [-0.3, -0.25) is 14.6 Å². The van der Waals surface area contributed by atoms with Crippen molar-refractivity contribution in [1.29, 1.82) is 0 Å². The number of hydrogen-bond donors (Lipinski definition) is 1. The van der Waals surface area contributed by atoms with Gasteiger partial charge in [-0.15, -0.1) is 0 Å². The molecule has 8 nitrogen and oxygen atoms in total. The van der Waals surface area contributed by atoms with E-state index in [1.165, 1.54) is 0 Å². The summed E-state index contributed by atoms with van der Waals surface area (Å²) in [6.07, 6.45) is 3.03. The van der Waals surface area contributed by atoms with E-state index in [0.29, 0.717) is 44.1 Å². The van der Waals surface area contributed by atoms with Crippen LogP contribution < -0.4 is 5.32 Å². The predicted molar refractivity (Wildman–Crippen MR) is 116 cm³/mol. The molecule has 0 radical (unpaired) electrons. The zero-order valence-corrected chi connectivity index (χ0v) is 18.1. The molecule has 4 rings (SSSR count). The lowest BCUT2D eigenvalue weighted by Crippen LogP contribution is -2.41. The lowest BCUT2D eigenvalue weighted by Gasteiger charge is -2.31. The van der Waals surface area contributed by atoms with E-state index in [9.17, 15) is 9.59 Å². The predicted octanol–water partition coefficient (Wildman–Crippen LogP) is 3.34. The molecular weight excluding hydrogens is 394 g/mol. The summed E-state index contributed by atoms with van der Waals surface area (Å²) >= 11 is 0. The van der Waals surface area contributed by atoms with E-state index in [1.807, 2.05) is 43.0 Å². The third kappa shape index (κ3) is 4.52. The van der Waals surface area contributed by atoms with Crippen LogP contribution in [0, 0.1) is 26.7 Å². The standard InChI is InChI=1S/C23H27N5O3/c1-15-12-20(17(3)28(15)14-19-6-4-5-9-24-19)23(30)27-10-7-18(8-11-27)22(29)25-21-13-16(2)31-26-21/h4-6,9,12-13,18H,7-8,10-11,14H2,1-3H3,(H,25,26,29). The molecule has 0 unspecified atom stereocenters. The molecule has 1 aliphatic heterocycles. The Kier molecular flexibility index (Phi) is 5.88. The topological polar surface area (TPSA) is 93.3 Å². The Morgan fingerprint density at radius 2 is 1.94 bits per heavy atom. The van der Waals surface area contributed by atoms with E-state index in [1.54, 1.807) is 19.2 Å². The molecule has 162 valence electrons. The zero-order valence-electron chi connectivity index (χ0n) is 18.1. The maximum atomic E-state index is 13.2. The van der Waals surface area contributed by atoms with Crippen LogP contribution in [0.25, 0.3) is 0 Å². The van der Waals surface area contributed by atoms with Gasteiger partial charge >= 0.3 is 0 Å². The van der Waals surface area contributed by atoms with Gasteiger partial charge in [-0.25, -0.2) is 0 Å². The second kappa shape index (κ2) is 8.75. The van der Waals surface area contributed by atoms with Gasteiger partial charge in [0.2, 0.25) is 5.91 Å². The lowest BCUT2D eigenvalue weighted by atomic mass is 9.95. The first-order valence-electron chi connectivity index (χ1n) is 10.5. The van der Waals surface area contributed by atoms with Crippen LogP contribution in [0.5, 0.6) is 0 Å². The molecule has 3 aromatic rings. The molecule has 0 aliphatic carbocycles. The fourth-order valence-electron chi connectivity index (χ4n) is 4.08. The summed E-state index contributed by atoms with van der Waals surface area (Å²) in [6, 6.07) is 9.48. The second-order valence-corrected chi connectivity index (χ2v) is 8.07. The molecule has 3 aromatic heterocycles. The molecule has 0 bridgehead atoms. The maximum absolute atomic E-state index is 13.2. The van der Waals surface area contributed by atoms with Gasteiger partial charge < -0.3 is 19.3 Å². The molecular formula is C23H27N5O3. The number of hydrogen-bond acceptors (Lipinski definition) is 5. The van der Waals surface area contributed by atoms with Crippen molar-refractivity contribution in [3.63, 3.8) is 0 Å². The van der Waals surface area contributed by atoms with Crippen molar-refractivity contribution >= 4 is 17.6 Å². The van der Waals surface area contributed by atoms with Crippen LogP contribution in [0.1, 0.15) is 46.0 Å². The number of likely N-dealkylation sites (tertiary alicyclic amines) is 1. The Morgan fingerprint density at radius 3 is 2.58 bits per heavy atom. The first-order valence-corrected chi connectivity index (χ1v) is 10.5. The summed E-state index contributed by atoms with van der Waals surface area (Å²) in [5.41, 5.74) is 3.64. The number of carbonyl (C=O) groups excluding carboxylic acids is 2. The van der Waals surface area contributed by atoms with Gasteiger partial charge in [0.1, 0.15) is 5.76 Å². The average molecular weight is 422 g/mol. The minimum absolute atomic E-state index is 0.0198. The van der Waals surface area contributed by atoms with Crippen LogP contribution in [0.4, 0.5) is 5.82 Å². The highest BCUT2D eigenvalue weighted by molar-refractivity contribution is 5.96. The van der Waals surface area contributed by atoms with Crippen molar-refractivity contribution in [3.8, 4) is 0 Å². The molecule has 0 saturated carbocycles. The van der Waals surface area contributed by atoms with Crippen molar-refractivity contribution in [1.82, 2.24) is 19.6 Å². The number of pyridine rings is 1. The Hall–Kier alpha value is -3.42. The van der Waals surface area contributed by atoms with Gasteiger partial charge in [0.15, 0.2) is 5.82 Å². The second-order valence-electron chi connectivity index (χ2n) is 8.07. The molecule has 31 heavy (non-hydrogen) atoms. The summed E-state index contributed by atoms with van der Waals surface area (Å²) < 4.78 is 7.11. The Bertz CT molecular complexity index is 1080. The van der Waals surface area contributed by atoms with Crippen LogP contribution in [-0.4, -0.2) is 44.5 Å². The van der Waals surface area contributed by atoms with Crippen LogP contribution in [0.15, 0.2) is 41.1 Å². The van der Waals surface area contributed by atoms with Gasteiger partial charge in [0, 0.05) is 42.7 Å². The number of carbonyl (C=O) groups is 2. The van der Waals surface area contributed by atoms with Crippen LogP contribution >= 0.6 is 0 Å². The van der Waals surface area contributed by atoms with Crippen molar-refractivity contribution in [2.24, 2.45) is 5.92 Å². The van der Waals surface area contributed by atoms with Crippen LogP contribution in [0.3, 0.4) is 0 Å². The van der Waals surface area contributed by atoms with Gasteiger partial charge in [-0.2, -0.15) is 0 Å².